The summed E-state index contributed by atoms with van der Waals surface area (Å²) in [6.45, 7) is 1.38. The molecule has 1 aliphatic heterocycles. The lowest BCUT2D eigenvalue weighted by Crippen LogP contribution is -2.42. The fourth-order valence-corrected chi connectivity index (χ4v) is 3.21. The van der Waals surface area contributed by atoms with Crippen molar-refractivity contribution in [3.05, 3.63) is 77.6 Å². The molecular weight excluding hydrogens is 382 g/mol. The summed E-state index contributed by atoms with van der Waals surface area (Å²) in [6, 6.07) is 15.7. The summed E-state index contributed by atoms with van der Waals surface area (Å²) in [7, 11) is 1.62. The smallest absolute Gasteiger partial charge is 0.274 e. The highest BCUT2D eigenvalue weighted by atomic mass is 16.2. The number of aromatic nitrogens is 2. The molecule has 30 heavy (non-hydrogen) atoms. The third kappa shape index (κ3) is 3.93. The van der Waals surface area contributed by atoms with E-state index in [0.29, 0.717) is 30.0 Å². The number of rotatable bonds is 5. The fraction of sp³-hybridized carbons (Fsp3) is 0.182. The number of benzene rings is 2. The maximum atomic E-state index is 12.9. The van der Waals surface area contributed by atoms with E-state index in [1.807, 2.05) is 18.2 Å². The third-order valence-electron chi connectivity index (χ3n) is 4.94. The molecule has 0 atom stereocenters. The molecule has 1 fully saturated rings. The van der Waals surface area contributed by atoms with Crippen LogP contribution in [0.5, 0.6) is 0 Å². The number of hydrogen-bond donors (Lipinski definition) is 2. The summed E-state index contributed by atoms with van der Waals surface area (Å²) in [5, 5.41) is 9.65. The number of nitrogens with zero attached hydrogens (tertiary/aromatic N) is 3. The van der Waals surface area contributed by atoms with Crippen LogP contribution in [0.15, 0.2) is 60.8 Å². The standard InChI is InChI=1S/C22H21N5O3/c1-26-19(18(14-23-26)22(30)27-11-6-12-27)21(29)25-17-10-5-7-15(13-17)20(28)24-16-8-3-2-4-9-16/h2-5,7-10,13-14H,6,11-12H2,1H3,(H,24,28)(H,25,29). The van der Waals surface area contributed by atoms with Gasteiger partial charge in [0.05, 0.1) is 11.8 Å². The van der Waals surface area contributed by atoms with Crippen LogP contribution < -0.4 is 10.6 Å². The van der Waals surface area contributed by atoms with Gasteiger partial charge in [-0.05, 0) is 36.8 Å². The lowest BCUT2D eigenvalue weighted by molar-refractivity contribution is 0.0648. The number of amides is 3. The number of carbonyl (C=O) groups is 3. The highest BCUT2D eigenvalue weighted by Crippen LogP contribution is 2.19. The maximum Gasteiger partial charge on any atom is 0.274 e. The molecule has 8 heteroatoms. The Morgan fingerprint density at radius 2 is 1.60 bits per heavy atom. The van der Waals surface area contributed by atoms with Gasteiger partial charge in [-0.15, -0.1) is 0 Å². The Morgan fingerprint density at radius 3 is 2.30 bits per heavy atom. The average Bonchev–Trinajstić information content (AvgIpc) is 3.09. The van der Waals surface area contributed by atoms with Crippen molar-refractivity contribution in [2.75, 3.05) is 23.7 Å². The molecular formula is C22H21N5O3. The zero-order chi connectivity index (χ0) is 21.1. The number of nitrogens with one attached hydrogen (secondary N) is 2. The zero-order valence-corrected chi connectivity index (χ0v) is 16.5. The van der Waals surface area contributed by atoms with Gasteiger partial charge in [-0.3, -0.25) is 19.1 Å². The molecule has 1 aliphatic rings. The van der Waals surface area contributed by atoms with Crippen LogP contribution in [0.1, 0.15) is 37.6 Å². The van der Waals surface area contributed by atoms with E-state index in [-0.39, 0.29) is 23.1 Å². The first-order chi connectivity index (χ1) is 14.5. The lowest BCUT2D eigenvalue weighted by Gasteiger charge is -2.30. The van der Waals surface area contributed by atoms with Crippen molar-refractivity contribution in [3.8, 4) is 0 Å². The van der Waals surface area contributed by atoms with E-state index < -0.39 is 5.91 Å². The van der Waals surface area contributed by atoms with Crippen LogP contribution in [0.25, 0.3) is 0 Å². The van der Waals surface area contributed by atoms with Gasteiger partial charge in [-0.1, -0.05) is 24.3 Å². The van der Waals surface area contributed by atoms with Gasteiger partial charge in [0.2, 0.25) is 0 Å². The molecule has 1 saturated heterocycles. The SMILES string of the molecule is Cn1ncc(C(=O)N2CCC2)c1C(=O)Nc1cccc(C(=O)Nc2ccccc2)c1. The molecule has 2 heterocycles. The van der Waals surface area contributed by atoms with Crippen molar-refractivity contribution in [3.63, 3.8) is 0 Å². The minimum Gasteiger partial charge on any atom is -0.338 e. The van der Waals surface area contributed by atoms with E-state index in [1.54, 1.807) is 48.3 Å². The van der Waals surface area contributed by atoms with E-state index in [9.17, 15) is 14.4 Å². The Bertz CT molecular complexity index is 1100. The molecule has 0 unspecified atom stereocenters. The molecule has 0 bridgehead atoms. The normalized spacial score (nSPS) is 12.8. The Hall–Kier alpha value is -3.94. The number of hydrogen-bond acceptors (Lipinski definition) is 4. The molecule has 0 radical (unpaired) electrons. The minimum atomic E-state index is -0.459. The molecule has 0 aliphatic carbocycles. The summed E-state index contributed by atoms with van der Waals surface area (Å²) < 4.78 is 1.38. The second-order valence-corrected chi connectivity index (χ2v) is 7.03. The average molecular weight is 403 g/mol. The van der Waals surface area contributed by atoms with Gasteiger partial charge in [0.15, 0.2) is 0 Å². The number of likely N-dealkylation sites (tertiary alicyclic amines) is 1. The number of para-hydroxylation sites is 1. The van der Waals surface area contributed by atoms with E-state index >= 15 is 0 Å². The van der Waals surface area contributed by atoms with Crippen molar-refractivity contribution >= 4 is 29.1 Å². The largest absolute Gasteiger partial charge is 0.338 e. The second kappa shape index (κ2) is 8.20. The Kier molecular flexibility index (Phi) is 5.30. The van der Waals surface area contributed by atoms with Crippen LogP contribution in [-0.2, 0) is 7.05 Å². The van der Waals surface area contributed by atoms with Gasteiger partial charge in [-0.25, -0.2) is 0 Å². The minimum absolute atomic E-state index is 0.186. The lowest BCUT2D eigenvalue weighted by atomic mass is 10.1. The van der Waals surface area contributed by atoms with Gasteiger partial charge >= 0.3 is 0 Å². The monoisotopic (exact) mass is 403 g/mol. The van der Waals surface area contributed by atoms with Crippen molar-refractivity contribution < 1.29 is 14.4 Å². The van der Waals surface area contributed by atoms with Gasteiger partial charge in [0.25, 0.3) is 17.7 Å². The zero-order valence-electron chi connectivity index (χ0n) is 16.5. The van der Waals surface area contributed by atoms with Crippen LogP contribution in [0.4, 0.5) is 11.4 Å². The Balaban J connectivity index is 1.51. The van der Waals surface area contributed by atoms with Crippen molar-refractivity contribution in [2.24, 2.45) is 7.05 Å². The van der Waals surface area contributed by atoms with E-state index in [0.717, 1.165) is 6.42 Å². The van der Waals surface area contributed by atoms with Crippen LogP contribution in [0.3, 0.4) is 0 Å². The van der Waals surface area contributed by atoms with Crippen molar-refractivity contribution in [1.82, 2.24) is 14.7 Å². The molecule has 0 spiro atoms. The Labute approximate surface area is 173 Å². The van der Waals surface area contributed by atoms with Gasteiger partial charge < -0.3 is 15.5 Å². The molecule has 4 rings (SSSR count). The molecule has 3 amide bonds. The molecule has 2 aromatic carbocycles. The number of aryl methyl sites for hydroxylation is 1. The molecule has 152 valence electrons. The van der Waals surface area contributed by atoms with Gasteiger partial charge in [0, 0.05) is 37.1 Å². The topological polar surface area (TPSA) is 96.3 Å². The van der Waals surface area contributed by atoms with Gasteiger partial charge in [-0.2, -0.15) is 5.10 Å². The van der Waals surface area contributed by atoms with Crippen LogP contribution >= 0.6 is 0 Å². The van der Waals surface area contributed by atoms with Gasteiger partial charge in [0.1, 0.15) is 5.69 Å². The summed E-state index contributed by atoms with van der Waals surface area (Å²) in [4.78, 5) is 39.6. The van der Waals surface area contributed by atoms with Crippen molar-refractivity contribution in [1.29, 1.82) is 0 Å². The summed E-state index contributed by atoms with van der Waals surface area (Å²) >= 11 is 0. The van der Waals surface area contributed by atoms with Crippen LogP contribution in [-0.4, -0.2) is 45.5 Å². The highest BCUT2D eigenvalue weighted by Gasteiger charge is 2.28. The quantitative estimate of drug-likeness (QED) is 0.685. The second-order valence-electron chi connectivity index (χ2n) is 7.03. The first-order valence-electron chi connectivity index (χ1n) is 9.62. The summed E-state index contributed by atoms with van der Waals surface area (Å²) in [5.41, 5.74) is 1.99. The van der Waals surface area contributed by atoms with E-state index in [4.69, 9.17) is 0 Å². The van der Waals surface area contributed by atoms with Crippen LogP contribution in [0.2, 0.25) is 0 Å². The first kappa shape index (κ1) is 19.4. The molecule has 2 N–H and O–H groups in total. The summed E-state index contributed by atoms with van der Waals surface area (Å²) in [6.07, 6.45) is 2.38. The van der Waals surface area contributed by atoms with E-state index in [2.05, 4.69) is 15.7 Å². The first-order valence-corrected chi connectivity index (χ1v) is 9.62. The van der Waals surface area contributed by atoms with Crippen molar-refractivity contribution in [2.45, 2.75) is 6.42 Å². The highest BCUT2D eigenvalue weighted by molar-refractivity contribution is 6.11. The Morgan fingerprint density at radius 1 is 0.900 bits per heavy atom. The molecule has 3 aromatic rings. The predicted octanol–water partition coefficient (Wildman–Crippen LogP) is 2.77. The predicted molar refractivity (Wildman–Crippen MR) is 113 cm³/mol. The third-order valence-corrected chi connectivity index (χ3v) is 4.94. The van der Waals surface area contributed by atoms with Crippen LogP contribution in [0, 0.1) is 0 Å². The summed E-state index contributed by atoms with van der Waals surface area (Å²) in [5.74, 6) is -0.943. The fourth-order valence-electron chi connectivity index (χ4n) is 3.21. The van der Waals surface area contributed by atoms with E-state index in [1.165, 1.54) is 10.9 Å². The number of carbonyl (C=O) groups excluding carboxylic acids is 3. The number of anilines is 2. The molecule has 0 saturated carbocycles. The molecule has 8 nitrogen and oxygen atoms in total. The maximum absolute atomic E-state index is 12.9. The molecule has 1 aromatic heterocycles.